The number of nitrogens with one attached hydrogen (secondary N) is 1. The molecule has 17 heavy (non-hydrogen) atoms. The van der Waals surface area contributed by atoms with E-state index in [0.29, 0.717) is 6.42 Å². The molecule has 1 unspecified atom stereocenters. The number of fused-ring (bicyclic) bond motifs is 2. The minimum Gasteiger partial charge on any atom is -0.345 e. The van der Waals surface area contributed by atoms with Crippen molar-refractivity contribution in [2.45, 2.75) is 25.3 Å². The Kier molecular flexibility index (Phi) is 2.19. The fourth-order valence-electron chi connectivity index (χ4n) is 2.90. The summed E-state index contributed by atoms with van der Waals surface area (Å²) in [6.45, 7) is 4.28. The first kappa shape index (κ1) is 10.7. The highest BCUT2D eigenvalue weighted by molar-refractivity contribution is 5.80. The normalized spacial score (nSPS) is 27.6. The van der Waals surface area contributed by atoms with Crippen LogP contribution in [-0.2, 0) is 16.8 Å². The summed E-state index contributed by atoms with van der Waals surface area (Å²) in [4.78, 5) is 22.4. The highest BCUT2D eigenvalue weighted by atomic mass is 16.2. The van der Waals surface area contributed by atoms with Gasteiger partial charge in [0.25, 0.3) is 0 Å². The largest absolute Gasteiger partial charge is 0.345 e. The third-order valence-electron chi connectivity index (χ3n) is 3.72. The zero-order valence-corrected chi connectivity index (χ0v) is 10.2. The Hall–Kier alpha value is -1.49. The third-order valence-corrected chi connectivity index (χ3v) is 3.72. The summed E-state index contributed by atoms with van der Waals surface area (Å²) < 4.78 is 0. The van der Waals surface area contributed by atoms with E-state index in [-0.39, 0.29) is 11.3 Å². The molecule has 0 radical (unpaired) electrons. The van der Waals surface area contributed by atoms with Gasteiger partial charge in [0.05, 0.1) is 11.1 Å². The fraction of sp³-hybridized carbons (Fsp3) is 0.583. The number of rotatable bonds is 0. The summed E-state index contributed by atoms with van der Waals surface area (Å²) in [6, 6.07) is 0. The molecule has 3 rings (SSSR count). The smallest absolute Gasteiger partial charge is 0.223 e. The number of nitrogens with zero attached hydrogens (tertiary/aromatic N) is 3. The first-order chi connectivity index (χ1) is 8.11. The van der Waals surface area contributed by atoms with E-state index >= 15 is 0 Å². The zero-order chi connectivity index (χ0) is 12.0. The molecule has 1 aromatic rings. The van der Waals surface area contributed by atoms with Crippen molar-refractivity contribution in [3.05, 3.63) is 23.3 Å². The number of carbonyl (C=O) groups is 1. The molecule has 1 atom stereocenters. The molecule has 2 aliphatic rings. The van der Waals surface area contributed by atoms with Crippen LogP contribution >= 0.6 is 0 Å². The molecule has 1 saturated heterocycles. The highest BCUT2D eigenvalue weighted by Gasteiger charge is 2.46. The Bertz CT molecular complexity index is 487. The van der Waals surface area contributed by atoms with Gasteiger partial charge in [-0.2, -0.15) is 0 Å². The topological polar surface area (TPSA) is 58.1 Å². The average Bonchev–Trinajstić information content (AvgIpc) is 2.57. The average molecular weight is 232 g/mol. The molecule has 0 aromatic carbocycles. The van der Waals surface area contributed by atoms with E-state index < -0.39 is 0 Å². The van der Waals surface area contributed by atoms with Crippen LogP contribution in [0.1, 0.15) is 23.5 Å². The Morgan fingerprint density at radius 2 is 2.35 bits per heavy atom. The molecule has 1 fully saturated rings. The maximum absolute atomic E-state index is 11.8. The van der Waals surface area contributed by atoms with Crippen LogP contribution < -0.4 is 5.32 Å². The van der Waals surface area contributed by atoms with Crippen LogP contribution in [0.2, 0.25) is 0 Å². The summed E-state index contributed by atoms with van der Waals surface area (Å²) in [5.74, 6) is 0.989. The van der Waals surface area contributed by atoms with Crippen molar-refractivity contribution >= 4 is 5.91 Å². The van der Waals surface area contributed by atoms with E-state index in [9.17, 15) is 4.79 Å². The monoisotopic (exact) mass is 232 g/mol. The quantitative estimate of drug-likeness (QED) is 0.683. The first-order valence-electron chi connectivity index (χ1n) is 5.88. The van der Waals surface area contributed by atoms with Gasteiger partial charge in [-0.05, 0) is 6.92 Å². The molecule has 0 aliphatic carbocycles. The molecule has 0 saturated carbocycles. The molecule has 5 heteroatoms. The molecule has 90 valence electrons. The van der Waals surface area contributed by atoms with E-state index in [1.807, 2.05) is 20.2 Å². The van der Waals surface area contributed by atoms with Crippen LogP contribution in [0.5, 0.6) is 0 Å². The minimum absolute atomic E-state index is 0.146. The van der Waals surface area contributed by atoms with E-state index in [2.05, 4.69) is 15.3 Å². The molecular weight excluding hydrogens is 216 g/mol. The predicted octanol–water partition coefficient (Wildman–Crippen LogP) is -0.0119. The van der Waals surface area contributed by atoms with Gasteiger partial charge < -0.3 is 10.2 Å². The number of carbonyl (C=O) groups excluding carboxylic acids is 1. The van der Waals surface area contributed by atoms with Gasteiger partial charge in [0.15, 0.2) is 0 Å². The summed E-state index contributed by atoms with van der Waals surface area (Å²) in [7, 11) is 1.86. The molecule has 0 bridgehead atoms. The van der Waals surface area contributed by atoms with Crippen molar-refractivity contribution in [1.29, 1.82) is 0 Å². The predicted molar refractivity (Wildman–Crippen MR) is 62.4 cm³/mol. The summed E-state index contributed by atoms with van der Waals surface area (Å²) in [5.41, 5.74) is 2.05. The lowest BCUT2D eigenvalue weighted by molar-refractivity contribution is -0.126. The van der Waals surface area contributed by atoms with Gasteiger partial charge in [-0.3, -0.25) is 4.79 Å². The first-order valence-corrected chi connectivity index (χ1v) is 5.88. The molecule has 1 spiro atoms. The molecule has 5 nitrogen and oxygen atoms in total. The molecule has 3 heterocycles. The second kappa shape index (κ2) is 3.50. The van der Waals surface area contributed by atoms with Gasteiger partial charge in [-0.25, -0.2) is 9.97 Å². The third kappa shape index (κ3) is 1.53. The molecule has 1 amide bonds. The Labute approximate surface area is 100 Å². The van der Waals surface area contributed by atoms with Gasteiger partial charge in [0.1, 0.15) is 5.82 Å². The Morgan fingerprint density at radius 1 is 1.53 bits per heavy atom. The van der Waals surface area contributed by atoms with E-state index in [0.717, 1.165) is 36.7 Å². The number of hydrogen-bond acceptors (Lipinski definition) is 4. The van der Waals surface area contributed by atoms with Gasteiger partial charge in [-0.1, -0.05) is 0 Å². The molecule has 1 N–H and O–H groups in total. The van der Waals surface area contributed by atoms with Crippen molar-refractivity contribution in [2.75, 3.05) is 20.1 Å². The summed E-state index contributed by atoms with van der Waals surface area (Å²) >= 11 is 0. The number of likely N-dealkylation sites (tertiary alicyclic amines) is 1. The molecule has 1 aromatic heterocycles. The van der Waals surface area contributed by atoms with Crippen molar-refractivity contribution in [3.63, 3.8) is 0 Å². The minimum atomic E-state index is -0.146. The lowest BCUT2D eigenvalue weighted by Crippen LogP contribution is -2.45. The number of amides is 1. The van der Waals surface area contributed by atoms with E-state index in [1.165, 1.54) is 0 Å². The fourth-order valence-corrected chi connectivity index (χ4v) is 2.90. The number of aromatic nitrogens is 2. The molecular formula is C12H16N4O. The van der Waals surface area contributed by atoms with Crippen molar-refractivity contribution < 1.29 is 4.79 Å². The van der Waals surface area contributed by atoms with Crippen LogP contribution in [0.4, 0.5) is 0 Å². The standard InChI is InChI=1S/C12H16N4O/c1-8-14-5-9-4-13-6-12(11(9)15-8)3-10(17)16(2)7-12/h5,13H,3-4,6-7H2,1-2H3. The number of likely N-dealkylation sites (N-methyl/N-ethyl adjacent to an activating group) is 1. The van der Waals surface area contributed by atoms with Gasteiger partial charge >= 0.3 is 0 Å². The maximum atomic E-state index is 11.8. The van der Waals surface area contributed by atoms with E-state index in [4.69, 9.17) is 0 Å². The second-order valence-corrected chi connectivity index (χ2v) is 5.10. The Morgan fingerprint density at radius 3 is 3.06 bits per heavy atom. The van der Waals surface area contributed by atoms with Crippen molar-refractivity contribution in [3.8, 4) is 0 Å². The van der Waals surface area contributed by atoms with E-state index in [1.54, 1.807) is 4.90 Å². The maximum Gasteiger partial charge on any atom is 0.223 e. The Balaban J connectivity index is 2.10. The second-order valence-electron chi connectivity index (χ2n) is 5.10. The molecule has 2 aliphatic heterocycles. The number of hydrogen-bond donors (Lipinski definition) is 1. The van der Waals surface area contributed by atoms with Gasteiger partial charge in [0, 0.05) is 44.9 Å². The SMILES string of the molecule is Cc1ncc2c(n1)C1(CNC2)CC(=O)N(C)C1. The van der Waals surface area contributed by atoms with Crippen LogP contribution in [0.25, 0.3) is 0 Å². The zero-order valence-electron chi connectivity index (χ0n) is 10.2. The summed E-state index contributed by atoms with van der Waals surface area (Å²) in [6.07, 6.45) is 2.44. The van der Waals surface area contributed by atoms with Crippen LogP contribution in [-0.4, -0.2) is 40.9 Å². The summed E-state index contributed by atoms with van der Waals surface area (Å²) in [5, 5.41) is 3.38. The van der Waals surface area contributed by atoms with Crippen LogP contribution in [0.15, 0.2) is 6.20 Å². The van der Waals surface area contributed by atoms with Crippen LogP contribution in [0.3, 0.4) is 0 Å². The lowest BCUT2D eigenvalue weighted by atomic mass is 9.79. The van der Waals surface area contributed by atoms with Crippen molar-refractivity contribution in [2.24, 2.45) is 0 Å². The van der Waals surface area contributed by atoms with Crippen molar-refractivity contribution in [1.82, 2.24) is 20.2 Å². The van der Waals surface area contributed by atoms with Crippen LogP contribution in [0, 0.1) is 6.92 Å². The number of aryl methyl sites for hydroxylation is 1. The lowest BCUT2D eigenvalue weighted by Gasteiger charge is -2.34. The highest BCUT2D eigenvalue weighted by Crippen LogP contribution is 2.37. The van der Waals surface area contributed by atoms with Gasteiger partial charge in [-0.15, -0.1) is 0 Å². The van der Waals surface area contributed by atoms with Gasteiger partial charge in [0.2, 0.25) is 5.91 Å².